The third-order valence-electron chi connectivity index (χ3n) is 3.77. The summed E-state index contributed by atoms with van der Waals surface area (Å²) in [6, 6.07) is 1.95. The van der Waals surface area contributed by atoms with Gasteiger partial charge in [0.25, 0.3) is 5.69 Å². The van der Waals surface area contributed by atoms with Gasteiger partial charge >= 0.3 is 5.97 Å². The van der Waals surface area contributed by atoms with E-state index in [1.807, 2.05) is 0 Å². The van der Waals surface area contributed by atoms with Gasteiger partial charge in [0.05, 0.1) is 21.4 Å². The van der Waals surface area contributed by atoms with Crippen molar-refractivity contribution in [2.75, 3.05) is 18.0 Å². The van der Waals surface area contributed by atoms with Gasteiger partial charge in [-0.1, -0.05) is 11.6 Å². The lowest BCUT2D eigenvalue weighted by molar-refractivity contribution is -0.384. The maximum absolute atomic E-state index is 13.4. The first-order valence-electron chi connectivity index (χ1n) is 6.36. The van der Waals surface area contributed by atoms with Crippen LogP contribution in [-0.2, 0) is 4.79 Å². The lowest BCUT2D eigenvalue weighted by Crippen LogP contribution is -2.46. The molecule has 114 valence electrons. The largest absolute Gasteiger partial charge is 0.481 e. The molecule has 0 radical (unpaired) electrons. The summed E-state index contributed by atoms with van der Waals surface area (Å²) in [4.78, 5) is 23.3. The van der Waals surface area contributed by atoms with Crippen molar-refractivity contribution in [1.29, 1.82) is 0 Å². The predicted octanol–water partition coefficient (Wildman–Crippen LogP) is 3.08. The van der Waals surface area contributed by atoms with E-state index in [-0.39, 0.29) is 17.3 Å². The Bertz CT molecular complexity index is 610. The second-order valence-electron chi connectivity index (χ2n) is 5.40. The van der Waals surface area contributed by atoms with Crippen LogP contribution in [0.25, 0.3) is 0 Å². The van der Waals surface area contributed by atoms with Crippen molar-refractivity contribution in [2.45, 2.75) is 19.8 Å². The van der Waals surface area contributed by atoms with Crippen LogP contribution in [0.2, 0.25) is 5.02 Å². The molecular weight excluding hydrogens is 303 g/mol. The number of halogens is 2. The summed E-state index contributed by atoms with van der Waals surface area (Å²) in [5, 5.41) is 20.1. The lowest BCUT2D eigenvalue weighted by atomic mass is 9.82. The van der Waals surface area contributed by atoms with Crippen molar-refractivity contribution >= 4 is 28.9 Å². The zero-order valence-corrected chi connectivity index (χ0v) is 12.1. The minimum Gasteiger partial charge on any atom is -0.481 e. The fourth-order valence-corrected chi connectivity index (χ4v) is 2.70. The van der Waals surface area contributed by atoms with Crippen LogP contribution < -0.4 is 4.90 Å². The molecule has 1 aromatic rings. The molecular formula is C13H14ClFN2O4. The van der Waals surface area contributed by atoms with Gasteiger partial charge < -0.3 is 10.0 Å². The van der Waals surface area contributed by atoms with Crippen LogP contribution >= 0.6 is 11.6 Å². The second-order valence-corrected chi connectivity index (χ2v) is 5.81. The van der Waals surface area contributed by atoms with E-state index in [4.69, 9.17) is 11.6 Å². The maximum atomic E-state index is 13.4. The summed E-state index contributed by atoms with van der Waals surface area (Å²) in [5.74, 6) is -1.83. The number of carboxylic acid groups (broad SMARTS) is 1. The molecule has 1 aromatic carbocycles. The van der Waals surface area contributed by atoms with Crippen LogP contribution in [0, 0.1) is 21.3 Å². The molecule has 0 spiro atoms. The van der Waals surface area contributed by atoms with E-state index < -0.39 is 27.8 Å². The van der Waals surface area contributed by atoms with E-state index in [0.717, 1.165) is 6.07 Å². The zero-order valence-electron chi connectivity index (χ0n) is 11.3. The van der Waals surface area contributed by atoms with Crippen LogP contribution in [0.3, 0.4) is 0 Å². The number of hydrogen-bond acceptors (Lipinski definition) is 4. The van der Waals surface area contributed by atoms with Crippen molar-refractivity contribution in [1.82, 2.24) is 0 Å². The highest BCUT2D eigenvalue weighted by molar-refractivity contribution is 6.31. The fraction of sp³-hybridized carbons (Fsp3) is 0.462. The summed E-state index contributed by atoms with van der Waals surface area (Å²) in [5.41, 5.74) is -1.25. The van der Waals surface area contributed by atoms with E-state index in [1.165, 1.54) is 6.07 Å². The van der Waals surface area contributed by atoms with Crippen LogP contribution in [0.1, 0.15) is 19.8 Å². The number of carboxylic acids is 1. The van der Waals surface area contributed by atoms with Crippen LogP contribution in [0.15, 0.2) is 12.1 Å². The molecule has 21 heavy (non-hydrogen) atoms. The van der Waals surface area contributed by atoms with E-state index in [0.29, 0.717) is 19.4 Å². The van der Waals surface area contributed by atoms with Gasteiger partial charge in [-0.05, 0) is 25.8 Å². The molecule has 1 aliphatic heterocycles. The molecule has 1 saturated heterocycles. The van der Waals surface area contributed by atoms with E-state index in [2.05, 4.69) is 0 Å². The topological polar surface area (TPSA) is 83.7 Å². The number of nitrogens with zero attached hydrogens (tertiary/aromatic N) is 2. The van der Waals surface area contributed by atoms with Gasteiger partial charge in [0.1, 0.15) is 11.5 Å². The van der Waals surface area contributed by atoms with Crippen LogP contribution in [-0.4, -0.2) is 29.1 Å². The van der Waals surface area contributed by atoms with Gasteiger partial charge in [0.15, 0.2) is 0 Å². The standard InChI is InChI=1S/C13H14ClFN2O4/c1-13(12(18)19)3-2-4-16(7-13)10-5-8(14)9(15)6-11(10)17(20)21/h5-6H,2-4,7H2,1H3,(H,18,19). The summed E-state index contributed by atoms with van der Waals surface area (Å²) < 4.78 is 13.4. The summed E-state index contributed by atoms with van der Waals surface area (Å²) in [6.07, 6.45) is 1.07. The minimum atomic E-state index is -0.993. The quantitative estimate of drug-likeness (QED) is 0.684. The average molecular weight is 317 g/mol. The van der Waals surface area contributed by atoms with Gasteiger partial charge in [-0.3, -0.25) is 14.9 Å². The molecule has 1 aliphatic rings. The number of hydrogen-bond donors (Lipinski definition) is 1. The first kappa shape index (κ1) is 15.5. The second kappa shape index (κ2) is 5.48. The smallest absolute Gasteiger partial charge is 0.311 e. The Morgan fingerprint density at radius 3 is 2.81 bits per heavy atom. The predicted molar refractivity (Wildman–Crippen MR) is 75.3 cm³/mol. The molecule has 0 bridgehead atoms. The number of anilines is 1. The van der Waals surface area contributed by atoms with Gasteiger partial charge in [-0.15, -0.1) is 0 Å². The SMILES string of the molecule is CC1(C(=O)O)CCCN(c2cc(Cl)c(F)cc2[N+](=O)[O-])C1. The van der Waals surface area contributed by atoms with Crippen molar-refractivity contribution in [2.24, 2.45) is 5.41 Å². The molecule has 6 nitrogen and oxygen atoms in total. The number of benzene rings is 1. The third-order valence-corrected chi connectivity index (χ3v) is 4.06. The first-order valence-corrected chi connectivity index (χ1v) is 6.74. The number of carbonyl (C=O) groups is 1. The number of rotatable bonds is 3. The fourth-order valence-electron chi connectivity index (χ4n) is 2.54. The monoisotopic (exact) mass is 316 g/mol. The molecule has 8 heteroatoms. The number of piperidine rings is 1. The van der Waals surface area contributed by atoms with Crippen molar-refractivity contribution in [3.8, 4) is 0 Å². The van der Waals surface area contributed by atoms with Crippen molar-refractivity contribution in [3.63, 3.8) is 0 Å². The molecule has 0 saturated carbocycles. The number of aliphatic carboxylic acids is 1. The minimum absolute atomic E-state index is 0.116. The molecule has 1 atom stereocenters. The highest BCUT2D eigenvalue weighted by Crippen LogP contribution is 2.38. The van der Waals surface area contributed by atoms with Gasteiger partial charge in [0.2, 0.25) is 0 Å². The van der Waals surface area contributed by atoms with Crippen molar-refractivity contribution in [3.05, 3.63) is 33.1 Å². The van der Waals surface area contributed by atoms with Crippen LogP contribution in [0.4, 0.5) is 15.8 Å². The van der Waals surface area contributed by atoms with Crippen molar-refractivity contribution < 1.29 is 19.2 Å². The van der Waals surface area contributed by atoms with Crippen LogP contribution in [0.5, 0.6) is 0 Å². The summed E-state index contributed by atoms with van der Waals surface area (Å²) >= 11 is 5.70. The Hall–Kier alpha value is -1.89. The Labute approximate surface area is 125 Å². The normalized spacial score (nSPS) is 22.1. The summed E-state index contributed by atoms with van der Waals surface area (Å²) in [6.45, 7) is 2.18. The zero-order chi connectivity index (χ0) is 15.8. The lowest BCUT2D eigenvalue weighted by Gasteiger charge is -2.38. The highest BCUT2D eigenvalue weighted by atomic mass is 35.5. The highest BCUT2D eigenvalue weighted by Gasteiger charge is 2.39. The third kappa shape index (κ3) is 2.92. The van der Waals surface area contributed by atoms with Gasteiger partial charge in [-0.2, -0.15) is 0 Å². The molecule has 1 N–H and O–H groups in total. The average Bonchev–Trinajstić information content (AvgIpc) is 2.41. The van der Waals surface area contributed by atoms with E-state index in [1.54, 1.807) is 11.8 Å². The molecule has 1 unspecified atom stereocenters. The molecule has 1 heterocycles. The molecule has 1 fully saturated rings. The van der Waals surface area contributed by atoms with E-state index >= 15 is 0 Å². The molecule has 0 amide bonds. The first-order chi connectivity index (χ1) is 9.74. The van der Waals surface area contributed by atoms with E-state index in [9.17, 15) is 24.4 Å². The Balaban J connectivity index is 2.44. The molecule has 2 rings (SSSR count). The Morgan fingerprint density at radius 1 is 1.57 bits per heavy atom. The Morgan fingerprint density at radius 2 is 2.24 bits per heavy atom. The molecule has 0 aromatic heterocycles. The number of nitro benzene ring substituents is 1. The van der Waals surface area contributed by atoms with Gasteiger partial charge in [-0.25, -0.2) is 4.39 Å². The maximum Gasteiger partial charge on any atom is 0.311 e. The molecule has 0 aliphatic carbocycles. The van der Waals surface area contributed by atoms with Gasteiger partial charge in [0, 0.05) is 13.1 Å². The Kier molecular flexibility index (Phi) is 4.04. The number of nitro groups is 1. The summed E-state index contributed by atoms with van der Waals surface area (Å²) in [7, 11) is 0.